The fourth-order valence-corrected chi connectivity index (χ4v) is 5.27. The van der Waals surface area contributed by atoms with Crippen LogP contribution in [0.4, 0.5) is 5.69 Å². The third-order valence-electron chi connectivity index (χ3n) is 5.91. The third kappa shape index (κ3) is 3.18. The number of aliphatic carboxylic acids is 1. The SMILES string of the molecule is CC1=[N+]2CCCc3ccc(S(=O)(=O)[O-])c(c32)C1(C)CCCCCC(=O)O. The fourth-order valence-electron chi connectivity index (χ4n) is 4.46. The molecule has 2 aliphatic heterocycles. The summed E-state index contributed by atoms with van der Waals surface area (Å²) in [5.41, 5.74) is 3.25. The summed E-state index contributed by atoms with van der Waals surface area (Å²) in [6, 6.07) is 3.25. The normalized spacial score (nSPS) is 21.8. The Hall–Kier alpha value is -1.73. The van der Waals surface area contributed by atoms with Crippen molar-refractivity contribution in [3.05, 3.63) is 23.3 Å². The molecule has 0 spiro atoms. The van der Waals surface area contributed by atoms with Crippen molar-refractivity contribution < 1.29 is 27.4 Å². The first kappa shape index (κ1) is 19.0. The summed E-state index contributed by atoms with van der Waals surface area (Å²) in [6.45, 7) is 4.87. The maximum absolute atomic E-state index is 11.9. The van der Waals surface area contributed by atoms with Crippen LogP contribution >= 0.6 is 0 Å². The predicted molar refractivity (Wildman–Crippen MR) is 96.3 cm³/mol. The van der Waals surface area contributed by atoms with Crippen molar-refractivity contribution >= 4 is 27.5 Å². The Morgan fingerprint density at radius 3 is 2.69 bits per heavy atom. The van der Waals surface area contributed by atoms with Crippen molar-refractivity contribution in [1.82, 2.24) is 0 Å². The lowest BCUT2D eigenvalue weighted by atomic mass is 9.75. The molecule has 1 aromatic rings. The van der Waals surface area contributed by atoms with Gasteiger partial charge in [0.05, 0.1) is 15.9 Å². The monoisotopic (exact) mass is 379 g/mol. The van der Waals surface area contributed by atoms with Crippen LogP contribution in [0.2, 0.25) is 0 Å². The quantitative estimate of drug-likeness (QED) is 0.446. The van der Waals surface area contributed by atoms with Crippen LogP contribution in [0.1, 0.15) is 63.5 Å². The van der Waals surface area contributed by atoms with Crippen molar-refractivity contribution in [3.63, 3.8) is 0 Å². The van der Waals surface area contributed by atoms with Crippen molar-refractivity contribution in [1.29, 1.82) is 0 Å². The second kappa shape index (κ2) is 6.78. The number of carbonyl (C=O) groups is 1. The zero-order valence-corrected chi connectivity index (χ0v) is 16.1. The van der Waals surface area contributed by atoms with Gasteiger partial charge in [0.15, 0.2) is 5.71 Å². The van der Waals surface area contributed by atoms with Crippen LogP contribution in [0, 0.1) is 0 Å². The lowest BCUT2D eigenvalue weighted by molar-refractivity contribution is -0.444. The average Bonchev–Trinajstić information content (AvgIpc) is 2.78. The highest BCUT2D eigenvalue weighted by Crippen LogP contribution is 2.49. The number of carboxylic acid groups (broad SMARTS) is 1. The van der Waals surface area contributed by atoms with Crippen LogP contribution in [0.15, 0.2) is 17.0 Å². The standard InChI is InChI=1S/C19H25NO5S/c1-13-19(2,11-5-3-4-8-16(21)22)17-15(26(23,24)25)10-9-14-7-6-12-20(13)18(14)17/h9-10H,3-8,11-12H2,1-2H3,(H-,21,22,23,24,25). The van der Waals surface area contributed by atoms with Crippen LogP contribution < -0.4 is 0 Å². The first-order chi connectivity index (χ1) is 12.2. The molecule has 2 aliphatic rings. The highest BCUT2D eigenvalue weighted by Gasteiger charge is 2.50. The van der Waals surface area contributed by atoms with Crippen LogP contribution in [0.25, 0.3) is 0 Å². The van der Waals surface area contributed by atoms with Crippen molar-refractivity contribution in [2.24, 2.45) is 0 Å². The van der Waals surface area contributed by atoms with E-state index in [9.17, 15) is 17.8 Å². The van der Waals surface area contributed by atoms with E-state index in [2.05, 4.69) is 4.58 Å². The fraction of sp³-hybridized carbons (Fsp3) is 0.579. The summed E-state index contributed by atoms with van der Waals surface area (Å²) in [6.07, 6.45) is 4.90. The number of hydrogen-bond acceptors (Lipinski definition) is 4. The van der Waals surface area contributed by atoms with Gasteiger partial charge >= 0.3 is 5.97 Å². The predicted octanol–water partition coefficient (Wildman–Crippen LogP) is 2.95. The van der Waals surface area contributed by atoms with E-state index in [0.717, 1.165) is 49.2 Å². The van der Waals surface area contributed by atoms with Crippen LogP contribution in [0.5, 0.6) is 0 Å². The number of nitrogens with zero attached hydrogens (tertiary/aromatic N) is 1. The first-order valence-electron chi connectivity index (χ1n) is 9.12. The van der Waals surface area contributed by atoms with Gasteiger partial charge in [-0.1, -0.05) is 18.9 Å². The highest BCUT2D eigenvalue weighted by atomic mass is 32.2. The molecule has 1 atom stereocenters. The molecule has 0 saturated heterocycles. The highest BCUT2D eigenvalue weighted by molar-refractivity contribution is 7.85. The van der Waals surface area contributed by atoms with Crippen molar-refractivity contribution in [3.8, 4) is 0 Å². The van der Waals surface area contributed by atoms with Gasteiger partial charge in [0, 0.05) is 25.3 Å². The minimum atomic E-state index is -4.56. The van der Waals surface area contributed by atoms with Gasteiger partial charge in [-0.3, -0.25) is 4.79 Å². The summed E-state index contributed by atoms with van der Waals surface area (Å²) in [7, 11) is -4.56. The van der Waals surface area contributed by atoms with Crippen LogP contribution in [-0.4, -0.2) is 40.9 Å². The maximum Gasteiger partial charge on any atom is 0.303 e. The number of unbranched alkanes of at least 4 members (excludes halogenated alkanes) is 2. The molecule has 142 valence electrons. The van der Waals surface area contributed by atoms with Gasteiger partial charge in [-0.05, 0) is 32.3 Å². The smallest absolute Gasteiger partial charge is 0.303 e. The zero-order valence-electron chi connectivity index (χ0n) is 15.2. The number of benzene rings is 1. The molecule has 1 N–H and O–H groups in total. The molecular formula is C19H25NO5S. The van der Waals surface area contributed by atoms with Gasteiger partial charge in [0.2, 0.25) is 5.69 Å². The Labute approximate surface area is 154 Å². The van der Waals surface area contributed by atoms with Gasteiger partial charge < -0.3 is 9.66 Å². The van der Waals surface area contributed by atoms with Gasteiger partial charge in [-0.15, -0.1) is 0 Å². The Kier molecular flexibility index (Phi) is 4.96. The maximum atomic E-state index is 11.9. The van der Waals surface area contributed by atoms with Crippen molar-refractivity contribution in [2.75, 3.05) is 6.54 Å². The molecule has 0 amide bonds. The van der Waals surface area contributed by atoms with E-state index in [1.807, 2.05) is 13.8 Å². The molecule has 6 nitrogen and oxygen atoms in total. The molecule has 1 aromatic carbocycles. The number of aryl methyl sites for hydroxylation is 1. The summed E-state index contributed by atoms with van der Waals surface area (Å²) >= 11 is 0. The van der Waals surface area contributed by atoms with Gasteiger partial charge in [0.25, 0.3) is 0 Å². The van der Waals surface area contributed by atoms with Crippen LogP contribution in [0.3, 0.4) is 0 Å². The van der Waals surface area contributed by atoms with E-state index in [1.165, 1.54) is 6.07 Å². The second-order valence-electron chi connectivity index (χ2n) is 7.53. The summed E-state index contributed by atoms with van der Waals surface area (Å²) in [5.74, 6) is -0.799. The first-order valence-corrected chi connectivity index (χ1v) is 10.5. The van der Waals surface area contributed by atoms with E-state index < -0.39 is 21.5 Å². The molecule has 2 heterocycles. The zero-order chi connectivity index (χ0) is 19.1. The van der Waals surface area contributed by atoms with E-state index in [0.29, 0.717) is 18.4 Å². The van der Waals surface area contributed by atoms with Crippen molar-refractivity contribution in [2.45, 2.75) is 69.1 Å². The lowest BCUT2D eigenvalue weighted by Crippen LogP contribution is -2.31. The molecular weight excluding hydrogens is 354 g/mol. The molecule has 0 saturated carbocycles. The molecule has 3 rings (SSSR count). The molecule has 1 unspecified atom stereocenters. The lowest BCUT2D eigenvalue weighted by Gasteiger charge is -2.25. The molecule has 7 heteroatoms. The van der Waals surface area contributed by atoms with Gasteiger partial charge in [-0.2, -0.15) is 4.58 Å². The van der Waals surface area contributed by atoms with Gasteiger partial charge in [0.1, 0.15) is 16.7 Å². The number of hydrogen-bond donors (Lipinski definition) is 1. The molecule has 0 radical (unpaired) electrons. The van der Waals surface area contributed by atoms with E-state index in [4.69, 9.17) is 5.11 Å². The minimum absolute atomic E-state index is 0.104. The second-order valence-corrected chi connectivity index (χ2v) is 8.88. The summed E-state index contributed by atoms with van der Waals surface area (Å²) < 4.78 is 37.9. The minimum Gasteiger partial charge on any atom is -0.744 e. The summed E-state index contributed by atoms with van der Waals surface area (Å²) in [4.78, 5) is 10.6. The average molecular weight is 379 g/mol. The Morgan fingerprint density at radius 2 is 2.04 bits per heavy atom. The Bertz CT molecular complexity index is 887. The number of carboxylic acids is 1. The largest absolute Gasteiger partial charge is 0.744 e. The van der Waals surface area contributed by atoms with Gasteiger partial charge in [-0.25, -0.2) is 8.42 Å². The Balaban J connectivity index is 1.99. The Morgan fingerprint density at radius 1 is 1.31 bits per heavy atom. The molecule has 0 aromatic heterocycles. The molecule has 26 heavy (non-hydrogen) atoms. The van der Waals surface area contributed by atoms with E-state index in [1.54, 1.807) is 6.07 Å². The summed E-state index contributed by atoms with van der Waals surface area (Å²) in [5, 5.41) is 8.77. The van der Waals surface area contributed by atoms with E-state index >= 15 is 0 Å². The van der Waals surface area contributed by atoms with E-state index in [-0.39, 0.29) is 11.3 Å². The third-order valence-corrected chi connectivity index (χ3v) is 6.79. The molecule has 0 fully saturated rings. The molecule has 0 bridgehead atoms. The van der Waals surface area contributed by atoms with Crippen LogP contribution in [-0.2, 0) is 26.7 Å². The number of rotatable bonds is 7. The topological polar surface area (TPSA) is 97.5 Å². The molecule has 0 aliphatic carbocycles.